The zero-order chi connectivity index (χ0) is 16.9. The number of para-hydroxylation sites is 1. The number of methoxy groups -OCH3 is 1. The van der Waals surface area contributed by atoms with E-state index in [1.165, 1.54) is 4.70 Å². The number of hydrogen-bond donors (Lipinski definition) is 1. The third-order valence-corrected chi connectivity index (χ3v) is 5.89. The number of amides is 1. The summed E-state index contributed by atoms with van der Waals surface area (Å²) in [6.45, 7) is 0. The van der Waals surface area contributed by atoms with Gasteiger partial charge >= 0.3 is 0 Å². The third-order valence-electron chi connectivity index (χ3n) is 3.23. The second kappa shape index (κ2) is 8.00. The Hall–Kier alpha value is -1.57. The van der Waals surface area contributed by atoms with Crippen LogP contribution in [0.3, 0.4) is 0 Å². The Bertz CT molecular complexity index is 834. The van der Waals surface area contributed by atoms with Crippen molar-refractivity contribution < 1.29 is 9.53 Å². The van der Waals surface area contributed by atoms with Crippen LogP contribution < -0.4 is 10.1 Å². The number of nitrogens with zero attached hydrogens (tertiary/aromatic N) is 1. The van der Waals surface area contributed by atoms with Gasteiger partial charge in [-0.05, 0) is 30.3 Å². The van der Waals surface area contributed by atoms with Crippen molar-refractivity contribution in [3.05, 3.63) is 51.9 Å². The van der Waals surface area contributed by atoms with Crippen LogP contribution in [0.1, 0.15) is 5.01 Å². The highest BCUT2D eigenvalue weighted by molar-refractivity contribution is 9.10. The van der Waals surface area contributed by atoms with Gasteiger partial charge in [-0.3, -0.25) is 4.79 Å². The highest BCUT2D eigenvalue weighted by Gasteiger charge is 2.09. The number of carbonyl (C=O) groups excluding carboxylic acids is 1. The van der Waals surface area contributed by atoms with Crippen LogP contribution in [-0.2, 0) is 10.5 Å². The molecule has 0 spiro atoms. The molecule has 0 unspecified atom stereocenters. The summed E-state index contributed by atoms with van der Waals surface area (Å²) in [5.41, 5.74) is 1.68. The molecule has 1 aromatic heterocycles. The molecular formula is C17H15BrN2O2S2. The summed E-state index contributed by atoms with van der Waals surface area (Å²) < 4.78 is 7.32. The molecule has 0 bridgehead atoms. The molecule has 0 saturated heterocycles. The van der Waals surface area contributed by atoms with Crippen LogP contribution in [-0.4, -0.2) is 23.8 Å². The third kappa shape index (κ3) is 4.28. The van der Waals surface area contributed by atoms with E-state index in [9.17, 15) is 4.79 Å². The van der Waals surface area contributed by atoms with E-state index in [4.69, 9.17) is 4.74 Å². The molecule has 2 aromatic carbocycles. The molecule has 7 heteroatoms. The monoisotopic (exact) mass is 422 g/mol. The van der Waals surface area contributed by atoms with Crippen molar-refractivity contribution in [2.75, 3.05) is 18.2 Å². The molecular weight excluding hydrogens is 408 g/mol. The maximum Gasteiger partial charge on any atom is 0.234 e. The smallest absolute Gasteiger partial charge is 0.234 e. The minimum absolute atomic E-state index is 0.0579. The molecule has 3 rings (SSSR count). The number of ether oxygens (including phenoxy) is 1. The van der Waals surface area contributed by atoms with Crippen molar-refractivity contribution >= 4 is 60.8 Å². The fraction of sp³-hybridized carbons (Fsp3) is 0.176. The first-order valence-electron chi connectivity index (χ1n) is 7.21. The average molecular weight is 423 g/mol. The molecule has 0 aliphatic heterocycles. The standard InChI is InChI=1S/C17H15BrN2O2S2/c1-22-14-7-6-11(18)8-13(14)19-16(21)9-23-10-17-20-12-4-2-3-5-15(12)24-17/h2-8H,9-10H2,1H3,(H,19,21). The van der Waals surface area contributed by atoms with Crippen molar-refractivity contribution in [3.8, 4) is 5.75 Å². The van der Waals surface area contributed by atoms with Gasteiger partial charge in [-0.15, -0.1) is 23.1 Å². The number of benzene rings is 2. The largest absolute Gasteiger partial charge is 0.495 e. The minimum Gasteiger partial charge on any atom is -0.495 e. The summed E-state index contributed by atoms with van der Waals surface area (Å²) in [5.74, 6) is 1.67. The minimum atomic E-state index is -0.0579. The number of hydrogen-bond acceptors (Lipinski definition) is 5. The van der Waals surface area contributed by atoms with Crippen molar-refractivity contribution in [2.24, 2.45) is 0 Å². The summed E-state index contributed by atoms with van der Waals surface area (Å²) in [7, 11) is 1.58. The Morgan fingerprint density at radius 1 is 1.33 bits per heavy atom. The van der Waals surface area contributed by atoms with Gasteiger partial charge in [0, 0.05) is 10.2 Å². The number of thiazole rings is 1. The first-order chi connectivity index (χ1) is 11.7. The van der Waals surface area contributed by atoms with E-state index < -0.39 is 0 Å². The lowest BCUT2D eigenvalue weighted by Gasteiger charge is -2.10. The van der Waals surface area contributed by atoms with Gasteiger partial charge < -0.3 is 10.1 Å². The lowest BCUT2D eigenvalue weighted by molar-refractivity contribution is -0.113. The Morgan fingerprint density at radius 2 is 2.17 bits per heavy atom. The Kier molecular flexibility index (Phi) is 5.76. The SMILES string of the molecule is COc1ccc(Br)cc1NC(=O)CSCc1nc2ccccc2s1. The van der Waals surface area contributed by atoms with Crippen molar-refractivity contribution in [1.82, 2.24) is 4.98 Å². The van der Waals surface area contributed by atoms with Crippen LogP contribution in [0.5, 0.6) is 5.75 Å². The van der Waals surface area contributed by atoms with E-state index in [0.29, 0.717) is 17.2 Å². The van der Waals surface area contributed by atoms with Crippen LogP contribution >= 0.6 is 39.0 Å². The summed E-state index contributed by atoms with van der Waals surface area (Å²) in [4.78, 5) is 16.7. The Balaban J connectivity index is 1.55. The van der Waals surface area contributed by atoms with Crippen molar-refractivity contribution in [3.63, 3.8) is 0 Å². The Labute approximate surface area is 156 Å². The lowest BCUT2D eigenvalue weighted by Crippen LogP contribution is -2.14. The normalized spacial score (nSPS) is 10.8. The fourth-order valence-corrected chi connectivity index (χ4v) is 4.39. The summed E-state index contributed by atoms with van der Waals surface area (Å²) in [5, 5.41) is 3.92. The average Bonchev–Trinajstić information content (AvgIpc) is 2.97. The molecule has 1 N–H and O–H groups in total. The summed E-state index contributed by atoms with van der Waals surface area (Å²) in [6.07, 6.45) is 0. The van der Waals surface area contributed by atoms with Gasteiger partial charge in [-0.1, -0.05) is 28.1 Å². The van der Waals surface area contributed by atoms with Gasteiger partial charge in [-0.25, -0.2) is 4.98 Å². The molecule has 4 nitrogen and oxygen atoms in total. The first-order valence-corrected chi connectivity index (χ1v) is 9.97. The van der Waals surface area contributed by atoms with E-state index in [1.54, 1.807) is 30.2 Å². The zero-order valence-electron chi connectivity index (χ0n) is 12.9. The van der Waals surface area contributed by atoms with Gasteiger partial charge in [-0.2, -0.15) is 0 Å². The van der Waals surface area contributed by atoms with Crippen LogP contribution in [0, 0.1) is 0 Å². The first kappa shape index (κ1) is 17.3. The maximum atomic E-state index is 12.1. The van der Waals surface area contributed by atoms with Crippen molar-refractivity contribution in [2.45, 2.75) is 5.75 Å². The highest BCUT2D eigenvalue weighted by atomic mass is 79.9. The predicted molar refractivity (Wildman–Crippen MR) is 105 cm³/mol. The van der Waals surface area contributed by atoms with Gasteiger partial charge in [0.1, 0.15) is 10.8 Å². The van der Waals surface area contributed by atoms with Crippen LogP contribution in [0.25, 0.3) is 10.2 Å². The quantitative estimate of drug-likeness (QED) is 0.610. The van der Waals surface area contributed by atoms with Crippen LogP contribution in [0.2, 0.25) is 0 Å². The molecule has 1 heterocycles. The molecule has 0 radical (unpaired) electrons. The number of fused-ring (bicyclic) bond motifs is 1. The highest BCUT2D eigenvalue weighted by Crippen LogP contribution is 2.28. The number of carbonyl (C=O) groups is 1. The second-order valence-electron chi connectivity index (χ2n) is 4.96. The molecule has 0 fully saturated rings. The summed E-state index contributed by atoms with van der Waals surface area (Å²) >= 11 is 6.62. The van der Waals surface area contributed by atoms with Gasteiger partial charge in [0.05, 0.1) is 28.8 Å². The van der Waals surface area contributed by atoms with E-state index in [1.807, 2.05) is 36.4 Å². The van der Waals surface area contributed by atoms with E-state index >= 15 is 0 Å². The van der Waals surface area contributed by atoms with Crippen molar-refractivity contribution in [1.29, 1.82) is 0 Å². The summed E-state index contributed by atoms with van der Waals surface area (Å²) in [6, 6.07) is 13.6. The predicted octanol–water partition coefficient (Wildman–Crippen LogP) is 4.94. The van der Waals surface area contributed by atoms with Gasteiger partial charge in [0.15, 0.2) is 0 Å². The van der Waals surface area contributed by atoms with Gasteiger partial charge in [0.2, 0.25) is 5.91 Å². The molecule has 24 heavy (non-hydrogen) atoms. The van der Waals surface area contributed by atoms with Gasteiger partial charge in [0.25, 0.3) is 0 Å². The van der Waals surface area contributed by atoms with E-state index in [2.05, 4.69) is 32.3 Å². The molecule has 1 amide bonds. The van der Waals surface area contributed by atoms with E-state index in [0.717, 1.165) is 20.7 Å². The lowest BCUT2D eigenvalue weighted by atomic mass is 10.3. The topological polar surface area (TPSA) is 51.2 Å². The fourth-order valence-electron chi connectivity index (χ4n) is 2.18. The molecule has 0 saturated carbocycles. The molecule has 0 aliphatic rings. The second-order valence-corrected chi connectivity index (χ2v) is 7.98. The molecule has 0 atom stereocenters. The molecule has 3 aromatic rings. The van der Waals surface area contributed by atoms with E-state index in [-0.39, 0.29) is 5.91 Å². The number of aromatic nitrogens is 1. The van der Waals surface area contributed by atoms with Crippen LogP contribution in [0.15, 0.2) is 46.9 Å². The zero-order valence-corrected chi connectivity index (χ0v) is 16.1. The Morgan fingerprint density at radius 3 is 2.96 bits per heavy atom. The molecule has 124 valence electrons. The van der Waals surface area contributed by atoms with Crippen LogP contribution in [0.4, 0.5) is 5.69 Å². The number of nitrogens with one attached hydrogen (secondary N) is 1. The maximum absolute atomic E-state index is 12.1. The number of anilines is 1. The number of thioether (sulfide) groups is 1. The number of halogens is 1. The number of rotatable bonds is 6. The molecule has 0 aliphatic carbocycles.